The monoisotopic (exact) mass is 361 g/mol. The van der Waals surface area contributed by atoms with Crippen molar-refractivity contribution in [2.75, 3.05) is 12.9 Å². The molecule has 0 aliphatic rings. The summed E-state index contributed by atoms with van der Waals surface area (Å²) in [4.78, 5) is 15.8. The van der Waals surface area contributed by atoms with Gasteiger partial charge in [-0.25, -0.2) is 0 Å². The SMILES string of the molecule is CSCc1noc(CNC(=O)COc2ccc(Cl)cc2Cl)n1. The van der Waals surface area contributed by atoms with E-state index in [0.717, 1.165) is 0 Å². The van der Waals surface area contributed by atoms with Crippen LogP contribution in [0.4, 0.5) is 0 Å². The highest BCUT2D eigenvalue weighted by molar-refractivity contribution is 7.97. The first-order valence-electron chi connectivity index (χ1n) is 6.23. The van der Waals surface area contributed by atoms with Crippen LogP contribution >= 0.6 is 35.0 Å². The van der Waals surface area contributed by atoms with Crippen molar-refractivity contribution in [2.45, 2.75) is 12.3 Å². The first-order valence-corrected chi connectivity index (χ1v) is 8.38. The smallest absolute Gasteiger partial charge is 0.258 e. The van der Waals surface area contributed by atoms with Crippen LogP contribution in [0.15, 0.2) is 22.7 Å². The molecule has 118 valence electrons. The number of nitrogens with zero attached hydrogens (tertiary/aromatic N) is 2. The third kappa shape index (κ3) is 5.08. The number of benzene rings is 1. The molecule has 6 nitrogen and oxygen atoms in total. The van der Waals surface area contributed by atoms with Crippen LogP contribution < -0.4 is 10.1 Å². The zero-order chi connectivity index (χ0) is 15.9. The van der Waals surface area contributed by atoms with Crippen LogP contribution in [0.3, 0.4) is 0 Å². The lowest BCUT2D eigenvalue weighted by Gasteiger charge is -2.07. The summed E-state index contributed by atoms with van der Waals surface area (Å²) >= 11 is 13.3. The van der Waals surface area contributed by atoms with Crippen LogP contribution in [-0.2, 0) is 17.1 Å². The molecule has 1 aromatic heterocycles. The number of halogens is 2. The first-order chi connectivity index (χ1) is 10.6. The Morgan fingerprint density at radius 2 is 2.27 bits per heavy atom. The maximum Gasteiger partial charge on any atom is 0.258 e. The molecular formula is C13H13Cl2N3O3S. The minimum absolute atomic E-state index is 0.151. The molecule has 1 heterocycles. The number of rotatable bonds is 7. The highest BCUT2D eigenvalue weighted by Gasteiger charge is 2.09. The minimum atomic E-state index is -0.323. The fraction of sp³-hybridized carbons (Fsp3) is 0.308. The molecule has 0 aliphatic heterocycles. The van der Waals surface area contributed by atoms with Gasteiger partial charge in [0.15, 0.2) is 12.4 Å². The average molecular weight is 362 g/mol. The van der Waals surface area contributed by atoms with Crippen molar-refractivity contribution in [1.29, 1.82) is 0 Å². The molecule has 9 heteroatoms. The lowest BCUT2D eigenvalue weighted by molar-refractivity contribution is -0.123. The third-order valence-electron chi connectivity index (χ3n) is 2.47. The van der Waals surface area contributed by atoms with Gasteiger partial charge in [0.25, 0.3) is 5.91 Å². The third-order valence-corrected chi connectivity index (χ3v) is 3.55. The van der Waals surface area contributed by atoms with Gasteiger partial charge in [-0.05, 0) is 24.5 Å². The molecule has 1 amide bonds. The Morgan fingerprint density at radius 3 is 3.00 bits per heavy atom. The second kappa shape index (κ2) is 8.26. The quantitative estimate of drug-likeness (QED) is 0.816. The van der Waals surface area contributed by atoms with Gasteiger partial charge in [0.05, 0.1) is 17.3 Å². The van der Waals surface area contributed by atoms with Crippen molar-refractivity contribution in [3.8, 4) is 5.75 Å². The van der Waals surface area contributed by atoms with Gasteiger partial charge in [-0.1, -0.05) is 28.4 Å². The summed E-state index contributed by atoms with van der Waals surface area (Å²) in [6.45, 7) is -0.0227. The number of hydrogen-bond acceptors (Lipinski definition) is 6. The molecule has 0 fully saturated rings. The second-order valence-electron chi connectivity index (χ2n) is 4.18. The number of carbonyl (C=O) groups excluding carboxylic acids is 1. The van der Waals surface area contributed by atoms with Gasteiger partial charge < -0.3 is 14.6 Å². The zero-order valence-electron chi connectivity index (χ0n) is 11.6. The van der Waals surface area contributed by atoms with E-state index in [1.54, 1.807) is 30.0 Å². The topological polar surface area (TPSA) is 77.2 Å². The highest BCUT2D eigenvalue weighted by Crippen LogP contribution is 2.27. The van der Waals surface area contributed by atoms with E-state index < -0.39 is 0 Å². The normalized spacial score (nSPS) is 10.5. The van der Waals surface area contributed by atoms with Gasteiger partial charge in [0.1, 0.15) is 5.75 Å². The maximum absolute atomic E-state index is 11.7. The van der Waals surface area contributed by atoms with Gasteiger partial charge >= 0.3 is 0 Å². The van der Waals surface area contributed by atoms with Gasteiger partial charge in [-0.2, -0.15) is 16.7 Å². The second-order valence-corrected chi connectivity index (χ2v) is 5.89. The van der Waals surface area contributed by atoms with Crippen molar-refractivity contribution in [3.05, 3.63) is 40.0 Å². The fourth-order valence-corrected chi connectivity index (χ4v) is 2.35. The summed E-state index contributed by atoms with van der Waals surface area (Å²) in [7, 11) is 0. The number of ether oxygens (including phenoxy) is 1. The Balaban J connectivity index is 1.77. The highest BCUT2D eigenvalue weighted by atomic mass is 35.5. The van der Waals surface area contributed by atoms with Crippen molar-refractivity contribution < 1.29 is 14.1 Å². The van der Waals surface area contributed by atoms with Crippen LogP contribution in [0, 0.1) is 0 Å². The number of hydrogen-bond donors (Lipinski definition) is 1. The molecule has 0 radical (unpaired) electrons. The summed E-state index contributed by atoms with van der Waals surface area (Å²) < 4.78 is 10.3. The number of thioether (sulfide) groups is 1. The number of aromatic nitrogens is 2. The Bertz CT molecular complexity index is 651. The van der Waals surface area contributed by atoms with Crippen LogP contribution in [-0.4, -0.2) is 28.9 Å². The summed E-state index contributed by atoms with van der Waals surface area (Å²) in [5, 5.41) is 7.24. The van der Waals surface area contributed by atoms with Crippen molar-refractivity contribution in [2.24, 2.45) is 0 Å². The van der Waals surface area contributed by atoms with E-state index in [2.05, 4.69) is 15.5 Å². The Morgan fingerprint density at radius 1 is 1.45 bits per heavy atom. The van der Waals surface area contributed by atoms with Crippen LogP contribution in [0.1, 0.15) is 11.7 Å². The fourth-order valence-electron chi connectivity index (χ4n) is 1.51. The van der Waals surface area contributed by atoms with E-state index in [1.807, 2.05) is 6.26 Å². The van der Waals surface area contributed by atoms with Gasteiger partial charge in [0, 0.05) is 5.02 Å². The molecule has 0 unspecified atom stereocenters. The van der Waals surface area contributed by atoms with E-state index in [9.17, 15) is 4.79 Å². The van der Waals surface area contributed by atoms with Crippen molar-refractivity contribution in [3.63, 3.8) is 0 Å². The number of amides is 1. The minimum Gasteiger partial charge on any atom is -0.482 e. The lowest BCUT2D eigenvalue weighted by atomic mass is 10.3. The molecule has 0 bridgehead atoms. The molecule has 2 rings (SSSR count). The predicted molar refractivity (Wildman–Crippen MR) is 85.3 cm³/mol. The van der Waals surface area contributed by atoms with Crippen molar-refractivity contribution in [1.82, 2.24) is 15.5 Å². The summed E-state index contributed by atoms with van der Waals surface area (Å²) in [5.41, 5.74) is 0. The van der Waals surface area contributed by atoms with Gasteiger partial charge in [-0.3, -0.25) is 4.79 Å². The first kappa shape index (κ1) is 16.9. The molecule has 1 N–H and O–H groups in total. The standard InChI is InChI=1S/C13H13Cl2N3O3S/c1-22-7-11-17-13(21-18-11)5-16-12(19)6-20-10-3-2-8(14)4-9(10)15/h2-4H,5-7H2,1H3,(H,16,19). The van der Waals surface area contributed by atoms with E-state index >= 15 is 0 Å². The number of carbonyl (C=O) groups is 1. The molecule has 0 aliphatic carbocycles. The molecule has 2 aromatic rings. The molecule has 0 atom stereocenters. The average Bonchev–Trinajstić information content (AvgIpc) is 2.92. The zero-order valence-corrected chi connectivity index (χ0v) is 14.0. The summed E-state index contributed by atoms with van der Waals surface area (Å²) in [6.07, 6.45) is 1.94. The summed E-state index contributed by atoms with van der Waals surface area (Å²) in [5.74, 6) is 1.68. The van der Waals surface area contributed by atoms with Crippen LogP contribution in [0.2, 0.25) is 10.0 Å². The molecule has 1 aromatic carbocycles. The molecule has 0 spiro atoms. The molecule has 0 saturated heterocycles. The molecule has 22 heavy (non-hydrogen) atoms. The van der Waals surface area contributed by atoms with Gasteiger partial charge in [-0.15, -0.1) is 0 Å². The van der Waals surface area contributed by atoms with Crippen molar-refractivity contribution >= 4 is 40.9 Å². The molecule has 0 saturated carbocycles. The Kier molecular flexibility index (Phi) is 6.35. The van der Waals surface area contributed by atoms with E-state index in [4.69, 9.17) is 32.5 Å². The van der Waals surface area contributed by atoms with E-state index in [-0.39, 0.29) is 19.1 Å². The maximum atomic E-state index is 11.7. The predicted octanol–water partition coefficient (Wildman–Crippen LogP) is 2.93. The lowest BCUT2D eigenvalue weighted by Crippen LogP contribution is -2.28. The Hall–Kier alpha value is -1.44. The van der Waals surface area contributed by atoms with E-state index in [0.29, 0.717) is 33.3 Å². The summed E-state index contributed by atoms with van der Waals surface area (Å²) in [6, 6.07) is 4.78. The molecular weight excluding hydrogens is 349 g/mol. The van der Waals surface area contributed by atoms with Crippen LogP contribution in [0.5, 0.6) is 5.75 Å². The van der Waals surface area contributed by atoms with Gasteiger partial charge in [0.2, 0.25) is 5.89 Å². The number of nitrogens with one attached hydrogen (secondary N) is 1. The largest absolute Gasteiger partial charge is 0.482 e. The Labute approximate surface area is 141 Å². The van der Waals surface area contributed by atoms with E-state index in [1.165, 1.54) is 0 Å². The van der Waals surface area contributed by atoms with Crippen LogP contribution in [0.25, 0.3) is 0 Å².